The summed E-state index contributed by atoms with van der Waals surface area (Å²) in [4.78, 5) is 14.2. The minimum atomic E-state index is -0.331. The number of hydrogen-bond donors (Lipinski definition) is 2. The number of carbonyl (C=O) groups is 1. The molecule has 6 nitrogen and oxygen atoms in total. The molecular weight excluding hydrogens is 304 g/mol. The van der Waals surface area contributed by atoms with Crippen LogP contribution in [-0.4, -0.2) is 56.7 Å². The van der Waals surface area contributed by atoms with Crippen molar-refractivity contribution in [2.45, 2.75) is 46.5 Å². The zero-order chi connectivity index (χ0) is 18.0. The Hall–Kier alpha value is -1.58. The van der Waals surface area contributed by atoms with Crippen molar-refractivity contribution in [2.24, 2.45) is 0 Å². The second-order valence-electron chi connectivity index (χ2n) is 5.58. The Morgan fingerprint density at radius 2 is 1.83 bits per heavy atom. The number of nitrogens with one attached hydrogen (secondary N) is 2. The van der Waals surface area contributed by atoms with E-state index in [0.29, 0.717) is 13.2 Å². The van der Waals surface area contributed by atoms with Gasteiger partial charge < -0.3 is 20.3 Å². The second kappa shape index (κ2) is 16.3. The summed E-state index contributed by atoms with van der Waals surface area (Å²) in [6, 6.07) is 1.94. The number of hydrogen-bond acceptors (Lipinski definition) is 5. The van der Waals surface area contributed by atoms with Crippen LogP contribution in [0.3, 0.4) is 0 Å². The molecule has 0 unspecified atom stereocenters. The van der Waals surface area contributed by atoms with E-state index in [2.05, 4.69) is 36.3 Å². The first-order valence-corrected chi connectivity index (χ1v) is 9.11. The fourth-order valence-electron chi connectivity index (χ4n) is 2.09. The van der Waals surface area contributed by atoms with Crippen molar-refractivity contribution < 1.29 is 9.53 Å². The number of unbranched alkanes of at least 4 members (excludes halogenated alkanes) is 1. The summed E-state index contributed by atoms with van der Waals surface area (Å²) >= 11 is 0. The van der Waals surface area contributed by atoms with E-state index < -0.39 is 0 Å². The maximum Gasteiger partial charge on any atom is 0.263 e. The lowest BCUT2D eigenvalue weighted by molar-refractivity contribution is -0.117. The Kier molecular flexibility index (Phi) is 15.2. The molecule has 0 atom stereocenters. The van der Waals surface area contributed by atoms with Crippen LogP contribution in [0.15, 0.2) is 11.8 Å². The summed E-state index contributed by atoms with van der Waals surface area (Å²) in [5.41, 5.74) is 0.116. The molecule has 0 radical (unpaired) electrons. The third kappa shape index (κ3) is 11.9. The fraction of sp³-hybridized carbons (Fsp3) is 0.778. The van der Waals surface area contributed by atoms with Crippen LogP contribution in [0.2, 0.25) is 0 Å². The molecule has 2 N–H and O–H groups in total. The van der Waals surface area contributed by atoms with Crippen molar-refractivity contribution in [3.05, 3.63) is 11.8 Å². The minimum Gasteiger partial charge on any atom is -0.390 e. The number of nitriles is 1. The third-order valence-electron chi connectivity index (χ3n) is 3.69. The molecule has 0 aromatic rings. The number of rotatable bonds is 15. The predicted molar refractivity (Wildman–Crippen MR) is 97.5 cm³/mol. The standard InChI is InChI=1S/C18H34N4O2/c1-4-7-13-24-14-9-11-21-18(23)17(15-19)16-20-10-8-12-22(5-2)6-3/h16,20H,4-14H2,1-3H3,(H,21,23)/b17-16-. The molecule has 138 valence electrons. The highest BCUT2D eigenvalue weighted by Gasteiger charge is 2.07. The molecule has 0 aliphatic heterocycles. The zero-order valence-electron chi connectivity index (χ0n) is 15.6. The number of amides is 1. The van der Waals surface area contributed by atoms with Crippen LogP contribution in [0.4, 0.5) is 0 Å². The lowest BCUT2D eigenvalue weighted by atomic mass is 10.3. The highest BCUT2D eigenvalue weighted by Crippen LogP contribution is 1.93. The molecule has 0 saturated heterocycles. The van der Waals surface area contributed by atoms with Gasteiger partial charge in [0.2, 0.25) is 0 Å². The summed E-state index contributed by atoms with van der Waals surface area (Å²) in [7, 11) is 0. The van der Waals surface area contributed by atoms with Gasteiger partial charge in [-0.1, -0.05) is 27.2 Å². The first-order chi connectivity index (χ1) is 11.7. The molecule has 0 saturated carbocycles. The van der Waals surface area contributed by atoms with Gasteiger partial charge in [0.1, 0.15) is 11.6 Å². The minimum absolute atomic E-state index is 0.116. The maximum atomic E-state index is 11.9. The molecule has 24 heavy (non-hydrogen) atoms. The average Bonchev–Trinajstić information content (AvgIpc) is 2.60. The van der Waals surface area contributed by atoms with Gasteiger partial charge in [0, 0.05) is 32.5 Å². The van der Waals surface area contributed by atoms with Crippen LogP contribution >= 0.6 is 0 Å². The van der Waals surface area contributed by atoms with Crippen molar-refractivity contribution in [3.63, 3.8) is 0 Å². The maximum absolute atomic E-state index is 11.9. The average molecular weight is 338 g/mol. The number of ether oxygens (including phenoxy) is 1. The Morgan fingerprint density at radius 3 is 2.46 bits per heavy atom. The molecule has 6 heteroatoms. The van der Waals surface area contributed by atoms with Crippen LogP contribution in [0.1, 0.15) is 46.5 Å². The second-order valence-corrected chi connectivity index (χ2v) is 5.58. The van der Waals surface area contributed by atoms with Crippen LogP contribution in [-0.2, 0) is 9.53 Å². The van der Waals surface area contributed by atoms with E-state index in [1.165, 1.54) is 6.20 Å². The van der Waals surface area contributed by atoms with Crippen molar-refractivity contribution >= 4 is 5.91 Å². The van der Waals surface area contributed by atoms with Gasteiger partial charge in [-0.25, -0.2) is 0 Å². The van der Waals surface area contributed by atoms with Gasteiger partial charge in [-0.2, -0.15) is 5.26 Å². The molecule has 0 aromatic carbocycles. The molecule has 0 fully saturated rings. The lowest BCUT2D eigenvalue weighted by Crippen LogP contribution is -2.28. The van der Waals surface area contributed by atoms with E-state index in [-0.39, 0.29) is 11.5 Å². The van der Waals surface area contributed by atoms with E-state index in [9.17, 15) is 4.79 Å². The SMILES string of the molecule is CCCCOCCCNC(=O)/C(C#N)=C\NCCCN(CC)CC. The summed E-state index contributed by atoms with van der Waals surface area (Å²) < 4.78 is 5.42. The summed E-state index contributed by atoms with van der Waals surface area (Å²) in [6.45, 7) is 12.2. The van der Waals surface area contributed by atoms with E-state index in [1.54, 1.807) is 0 Å². The quantitative estimate of drug-likeness (QED) is 0.271. The molecule has 0 aliphatic carbocycles. The van der Waals surface area contributed by atoms with Crippen molar-refractivity contribution in [1.29, 1.82) is 5.26 Å². The predicted octanol–water partition coefficient (Wildman–Crippen LogP) is 2.04. The van der Waals surface area contributed by atoms with Gasteiger partial charge in [0.05, 0.1) is 0 Å². The topological polar surface area (TPSA) is 77.4 Å². The van der Waals surface area contributed by atoms with Gasteiger partial charge in [-0.3, -0.25) is 4.79 Å². The van der Waals surface area contributed by atoms with Crippen molar-refractivity contribution in [3.8, 4) is 6.07 Å². The van der Waals surface area contributed by atoms with E-state index >= 15 is 0 Å². The largest absolute Gasteiger partial charge is 0.390 e. The van der Waals surface area contributed by atoms with Gasteiger partial charge >= 0.3 is 0 Å². The number of nitrogens with zero attached hydrogens (tertiary/aromatic N) is 2. The Morgan fingerprint density at radius 1 is 1.12 bits per heavy atom. The van der Waals surface area contributed by atoms with Gasteiger partial charge in [-0.05, 0) is 38.9 Å². The van der Waals surface area contributed by atoms with Gasteiger partial charge in [0.15, 0.2) is 0 Å². The van der Waals surface area contributed by atoms with Crippen molar-refractivity contribution in [2.75, 3.05) is 45.9 Å². The molecule has 1 amide bonds. The third-order valence-corrected chi connectivity index (χ3v) is 3.69. The molecular formula is C18H34N4O2. The van der Waals surface area contributed by atoms with Crippen molar-refractivity contribution in [1.82, 2.24) is 15.5 Å². The molecule has 0 spiro atoms. The normalized spacial score (nSPS) is 11.4. The molecule has 0 heterocycles. The summed E-state index contributed by atoms with van der Waals surface area (Å²) in [6.07, 6.45) is 5.43. The molecule has 0 aromatic heterocycles. The Balaban J connectivity index is 3.85. The fourth-order valence-corrected chi connectivity index (χ4v) is 2.09. The Bertz CT molecular complexity index is 387. The summed E-state index contributed by atoms with van der Waals surface area (Å²) in [5.74, 6) is -0.331. The molecule has 0 rings (SSSR count). The number of carbonyl (C=O) groups excluding carboxylic acids is 1. The van der Waals surface area contributed by atoms with Gasteiger partial charge in [0.25, 0.3) is 5.91 Å². The Labute approximate surface area is 147 Å². The highest BCUT2D eigenvalue weighted by molar-refractivity contribution is 5.97. The lowest BCUT2D eigenvalue weighted by Gasteiger charge is -2.17. The highest BCUT2D eigenvalue weighted by atomic mass is 16.5. The smallest absolute Gasteiger partial charge is 0.263 e. The van der Waals surface area contributed by atoms with E-state index in [0.717, 1.165) is 58.5 Å². The first kappa shape index (κ1) is 22.4. The first-order valence-electron chi connectivity index (χ1n) is 9.11. The van der Waals surface area contributed by atoms with E-state index in [4.69, 9.17) is 10.00 Å². The molecule has 0 bridgehead atoms. The zero-order valence-corrected chi connectivity index (χ0v) is 15.6. The summed E-state index contributed by atoms with van der Waals surface area (Å²) in [5, 5.41) is 14.9. The van der Waals surface area contributed by atoms with Gasteiger partial charge in [-0.15, -0.1) is 0 Å². The van der Waals surface area contributed by atoms with Crippen LogP contribution in [0, 0.1) is 11.3 Å². The van der Waals surface area contributed by atoms with E-state index in [1.807, 2.05) is 6.07 Å². The monoisotopic (exact) mass is 338 g/mol. The van der Waals surface area contributed by atoms with Crippen LogP contribution < -0.4 is 10.6 Å². The molecule has 0 aliphatic rings. The van der Waals surface area contributed by atoms with Crippen LogP contribution in [0.25, 0.3) is 0 Å². The van der Waals surface area contributed by atoms with Crippen LogP contribution in [0.5, 0.6) is 0 Å².